The summed E-state index contributed by atoms with van der Waals surface area (Å²) in [5.41, 5.74) is 2.35. The van der Waals surface area contributed by atoms with E-state index in [0.29, 0.717) is 17.1 Å². The zero-order valence-corrected chi connectivity index (χ0v) is 15.2. The van der Waals surface area contributed by atoms with Crippen LogP contribution in [0.15, 0.2) is 48.5 Å². The van der Waals surface area contributed by atoms with Crippen molar-refractivity contribution >= 4 is 28.9 Å². The monoisotopic (exact) mass is 369 g/mol. The number of carbonyl (C=O) groups is 2. The van der Waals surface area contributed by atoms with Gasteiger partial charge in [0.25, 0.3) is 5.91 Å². The minimum Gasteiger partial charge on any atom is -0.482 e. The molecule has 0 saturated carbocycles. The first kappa shape index (κ1) is 18.7. The lowest BCUT2D eigenvalue weighted by atomic mass is 10.2. The zero-order chi connectivity index (χ0) is 19.1. The number of nitrogens with one attached hydrogen (secondary N) is 2. The van der Waals surface area contributed by atoms with Crippen molar-refractivity contribution < 1.29 is 19.1 Å². The van der Waals surface area contributed by atoms with Crippen LogP contribution in [-0.2, 0) is 14.3 Å². The molecule has 0 unspecified atom stereocenters. The van der Waals surface area contributed by atoms with E-state index in [-0.39, 0.29) is 18.4 Å². The summed E-state index contributed by atoms with van der Waals surface area (Å²) in [4.78, 5) is 25.6. The van der Waals surface area contributed by atoms with E-state index < -0.39 is 0 Å². The summed E-state index contributed by atoms with van der Waals surface area (Å²) in [6.45, 7) is 4.47. The molecule has 2 aromatic carbocycles. The average Bonchev–Trinajstić information content (AvgIpc) is 2.68. The number of para-hydroxylation sites is 2. The van der Waals surface area contributed by atoms with E-state index in [9.17, 15) is 9.59 Å². The van der Waals surface area contributed by atoms with Gasteiger partial charge in [0, 0.05) is 31.4 Å². The van der Waals surface area contributed by atoms with Crippen molar-refractivity contribution in [2.45, 2.75) is 6.92 Å². The van der Waals surface area contributed by atoms with Crippen molar-refractivity contribution in [2.75, 3.05) is 48.4 Å². The Hall–Kier alpha value is -3.06. The first-order valence-electron chi connectivity index (χ1n) is 8.84. The van der Waals surface area contributed by atoms with Crippen LogP contribution in [0.1, 0.15) is 6.92 Å². The van der Waals surface area contributed by atoms with Gasteiger partial charge in [-0.15, -0.1) is 0 Å². The van der Waals surface area contributed by atoms with Crippen LogP contribution < -0.4 is 20.3 Å². The SMILES string of the molecule is CC(=O)Nc1ccccc1OCC(=O)Nc1ccc(N2CCOCC2)cc1. The first-order valence-corrected chi connectivity index (χ1v) is 8.84. The van der Waals surface area contributed by atoms with Crippen molar-refractivity contribution in [2.24, 2.45) is 0 Å². The summed E-state index contributed by atoms with van der Waals surface area (Å²) in [5.74, 6) is -0.0203. The summed E-state index contributed by atoms with van der Waals surface area (Å²) >= 11 is 0. The van der Waals surface area contributed by atoms with E-state index in [0.717, 1.165) is 32.0 Å². The minimum atomic E-state index is -0.272. The molecule has 3 rings (SSSR count). The molecule has 0 aromatic heterocycles. The molecular formula is C20H23N3O4. The van der Waals surface area contributed by atoms with Gasteiger partial charge < -0.3 is 25.0 Å². The van der Waals surface area contributed by atoms with Gasteiger partial charge in [0.2, 0.25) is 5.91 Å². The predicted octanol–water partition coefficient (Wildman–Crippen LogP) is 2.50. The standard InChI is InChI=1S/C20H23N3O4/c1-15(24)21-18-4-2-3-5-19(18)27-14-20(25)22-16-6-8-17(9-7-16)23-10-12-26-13-11-23/h2-9H,10-14H2,1H3,(H,21,24)(H,22,25). The number of nitrogens with zero attached hydrogens (tertiary/aromatic N) is 1. The van der Waals surface area contributed by atoms with Gasteiger partial charge >= 0.3 is 0 Å². The topological polar surface area (TPSA) is 79.9 Å². The Morgan fingerprint density at radius 3 is 2.44 bits per heavy atom. The number of morpholine rings is 1. The van der Waals surface area contributed by atoms with E-state index in [2.05, 4.69) is 15.5 Å². The second-order valence-electron chi connectivity index (χ2n) is 6.16. The lowest BCUT2D eigenvalue weighted by Gasteiger charge is -2.28. The summed E-state index contributed by atoms with van der Waals surface area (Å²) in [7, 11) is 0. The molecule has 27 heavy (non-hydrogen) atoms. The van der Waals surface area contributed by atoms with Crippen molar-refractivity contribution in [1.29, 1.82) is 0 Å². The lowest BCUT2D eigenvalue weighted by molar-refractivity contribution is -0.118. The fourth-order valence-corrected chi connectivity index (χ4v) is 2.80. The third kappa shape index (κ3) is 5.46. The van der Waals surface area contributed by atoms with Gasteiger partial charge in [-0.3, -0.25) is 9.59 Å². The normalized spacial score (nSPS) is 13.7. The molecule has 142 valence electrons. The smallest absolute Gasteiger partial charge is 0.262 e. The minimum absolute atomic E-state index is 0.151. The van der Waals surface area contributed by atoms with E-state index >= 15 is 0 Å². The maximum atomic E-state index is 12.2. The third-order valence-electron chi connectivity index (χ3n) is 4.08. The summed E-state index contributed by atoms with van der Waals surface area (Å²) in [6, 6.07) is 14.7. The molecule has 7 heteroatoms. The molecular weight excluding hydrogens is 346 g/mol. The number of ether oxygens (including phenoxy) is 2. The number of anilines is 3. The molecule has 0 spiro atoms. The molecule has 1 aliphatic heterocycles. The Labute approximate surface area is 158 Å². The highest BCUT2D eigenvalue weighted by Crippen LogP contribution is 2.24. The first-order chi connectivity index (χ1) is 13.1. The summed E-state index contributed by atoms with van der Waals surface area (Å²) in [5, 5.41) is 5.48. The van der Waals surface area contributed by atoms with Crippen LogP contribution in [0.2, 0.25) is 0 Å². The molecule has 0 bridgehead atoms. The summed E-state index contributed by atoms with van der Waals surface area (Å²) in [6.07, 6.45) is 0. The second kappa shape index (κ2) is 9.05. The Morgan fingerprint density at radius 2 is 1.74 bits per heavy atom. The Bertz CT molecular complexity index is 786. The number of amides is 2. The van der Waals surface area contributed by atoms with E-state index in [1.54, 1.807) is 24.3 Å². The number of hydrogen-bond donors (Lipinski definition) is 2. The number of benzene rings is 2. The molecule has 2 N–H and O–H groups in total. The van der Waals surface area contributed by atoms with E-state index in [4.69, 9.17) is 9.47 Å². The fraction of sp³-hybridized carbons (Fsp3) is 0.300. The largest absolute Gasteiger partial charge is 0.482 e. The molecule has 1 saturated heterocycles. The average molecular weight is 369 g/mol. The van der Waals surface area contributed by atoms with Crippen LogP contribution in [0.5, 0.6) is 5.75 Å². The van der Waals surface area contributed by atoms with Crippen LogP contribution in [-0.4, -0.2) is 44.7 Å². The van der Waals surface area contributed by atoms with Gasteiger partial charge in [-0.25, -0.2) is 0 Å². The molecule has 2 aromatic rings. The van der Waals surface area contributed by atoms with Gasteiger partial charge in [0.1, 0.15) is 5.75 Å². The van der Waals surface area contributed by atoms with Crippen LogP contribution in [0.3, 0.4) is 0 Å². The Morgan fingerprint density at radius 1 is 1.04 bits per heavy atom. The highest BCUT2D eigenvalue weighted by atomic mass is 16.5. The highest BCUT2D eigenvalue weighted by molar-refractivity contribution is 5.93. The lowest BCUT2D eigenvalue weighted by Crippen LogP contribution is -2.36. The number of rotatable bonds is 6. The van der Waals surface area contributed by atoms with Gasteiger partial charge in [0.05, 0.1) is 18.9 Å². The van der Waals surface area contributed by atoms with Crippen molar-refractivity contribution in [1.82, 2.24) is 0 Å². The molecule has 2 amide bonds. The quantitative estimate of drug-likeness (QED) is 0.818. The molecule has 0 radical (unpaired) electrons. The molecule has 1 fully saturated rings. The maximum absolute atomic E-state index is 12.2. The molecule has 7 nitrogen and oxygen atoms in total. The van der Waals surface area contributed by atoms with Gasteiger partial charge in [-0.05, 0) is 36.4 Å². The second-order valence-corrected chi connectivity index (χ2v) is 6.16. The molecule has 1 aliphatic rings. The maximum Gasteiger partial charge on any atom is 0.262 e. The van der Waals surface area contributed by atoms with Crippen LogP contribution in [0.25, 0.3) is 0 Å². The molecule has 1 heterocycles. The van der Waals surface area contributed by atoms with Gasteiger partial charge in [-0.2, -0.15) is 0 Å². The highest BCUT2D eigenvalue weighted by Gasteiger charge is 2.12. The van der Waals surface area contributed by atoms with Crippen molar-refractivity contribution in [3.05, 3.63) is 48.5 Å². The van der Waals surface area contributed by atoms with Crippen LogP contribution >= 0.6 is 0 Å². The van der Waals surface area contributed by atoms with Gasteiger partial charge in [0.15, 0.2) is 6.61 Å². The fourth-order valence-electron chi connectivity index (χ4n) is 2.80. The van der Waals surface area contributed by atoms with E-state index in [1.165, 1.54) is 6.92 Å². The Balaban J connectivity index is 1.53. The molecule has 0 atom stereocenters. The van der Waals surface area contributed by atoms with Crippen LogP contribution in [0.4, 0.5) is 17.1 Å². The van der Waals surface area contributed by atoms with E-state index in [1.807, 2.05) is 24.3 Å². The zero-order valence-electron chi connectivity index (χ0n) is 15.2. The van der Waals surface area contributed by atoms with Gasteiger partial charge in [-0.1, -0.05) is 12.1 Å². The summed E-state index contributed by atoms with van der Waals surface area (Å²) < 4.78 is 10.9. The third-order valence-corrected chi connectivity index (χ3v) is 4.08. The van der Waals surface area contributed by atoms with Crippen molar-refractivity contribution in [3.63, 3.8) is 0 Å². The number of hydrogen-bond acceptors (Lipinski definition) is 5. The van der Waals surface area contributed by atoms with Crippen LogP contribution in [0, 0.1) is 0 Å². The predicted molar refractivity (Wildman–Crippen MR) is 104 cm³/mol. The van der Waals surface area contributed by atoms with Crippen molar-refractivity contribution in [3.8, 4) is 5.75 Å². The Kier molecular flexibility index (Phi) is 6.27. The molecule has 0 aliphatic carbocycles. The number of carbonyl (C=O) groups excluding carboxylic acids is 2.